The molecule has 2 aromatic rings. The summed E-state index contributed by atoms with van der Waals surface area (Å²) < 4.78 is 0. The molecule has 0 aromatic heterocycles. The average molecular weight is 214 g/mol. The van der Waals surface area contributed by atoms with Gasteiger partial charge in [0.25, 0.3) is 0 Å². The van der Waals surface area contributed by atoms with Gasteiger partial charge in [0, 0.05) is 0 Å². The van der Waals surface area contributed by atoms with Crippen molar-refractivity contribution in [3.05, 3.63) is 59.5 Å². The van der Waals surface area contributed by atoms with E-state index >= 15 is 0 Å². The number of nitroso groups, excluding NO2 is 1. The Kier molecular flexibility index (Phi) is 2.93. The fourth-order valence-corrected chi connectivity index (χ4v) is 1.46. The van der Waals surface area contributed by atoms with E-state index in [2.05, 4.69) is 5.29 Å². The molecule has 0 fully saturated rings. The van der Waals surface area contributed by atoms with E-state index in [9.17, 15) is 4.91 Å². The summed E-state index contributed by atoms with van der Waals surface area (Å²) in [5.41, 5.74) is 2.44. The third-order valence-corrected chi connectivity index (χ3v) is 2.28. The Hall–Kier alpha value is -2.20. The van der Waals surface area contributed by atoms with Crippen LogP contribution in [0.4, 0.5) is 5.69 Å². The minimum absolute atomic E-state index is 0.300. The molecule has 4 nitrogen and oxygen atoms in total. The van der Waals surface area contributed by atoms with E-state index in [4.69, 9.17) is 5.21 Å². The van der Waals surface area contributed by atoms with Crippen molar-refractivity contribution in [3.8, 4) is 11.1 Å². The predicted octanol–water partition coefficient (Wildman–Crippen LogP) is 3.23. The summed E-state index contributed by atoms with van der Waals surface area (Å²) in [6.45, 7) is 0. The third-order valence-electron chi connectivity index (χ3n) is 2.28. The Morgan fingerprint density at radius 1 is 0.875 bits per heavy atom. The quantitative estimate of drug-likeness (QED) is 0.630. The monoisotopic (exact) mass is 214 g/mol. The summed E-state index contributed by atoms with van der Waals surface area (Å²) in [4.78, 5) is 10.1. The SMILES string of the molecule is O=NN(O)c1ccc(-c2ccccc2)cc1. The summed E-state index contributed by atoms with van der Waals surface area (Å²) in [6, 6.07) is 16.7. The molecule has 0 saturated heterocycles. The molecule has 0 heterocycles. The molecule has 0 spiro atoms. The van der Waals surface area contributed by atoms with Crippen molar-refractivity contribution < 1.29 is 5.21 Å². The summed E-state index contributed by atoms with van der Waals surface area (Å²) in [7, 11) is 0. The van der Waals surface area contributed by atoms with Crippen LogP contribution < -0.4 is 5.17 Å². The van der Waals surface area contributed by atoms with Crippen LogP contribution in [0.25, 0.3) is 11.1 Å². The maximum absolute atomic E-state index is 10.1. The van der Waals surface area contributed by atoms with Gasteiger partial charge in [-0.1, -0.05) is 42.5 Å². The second-order valence-electron chi connectivity index (χ2n) is 3.28. The van der Waals surface area contributed by atoms with Crippen molar-refractivity contribution >= 4 is 5.69 Å². The molecule has 4 heteroatoms. The zero-order valence-electron chi connectivity index (χ0n) is 8.45. The minimum Gasteiger partial charge on any atom is -0.265 e. The molecule has 0 saturated carbocycles. The Morgan fingerprint density at radius 2 is 1.44 bits per heavy atom. The molecule has 0 aliphatic heterocycles. The van der Waals surface area contributed by atoms with Gasteiger partial charge in [0.1, 0.15) is 0 Å². The lowest BCUT2D eigenvalue weighted by Crippen LogP contribution is -2.07. The van der Waals surface area contributed by atoms with Gasteiger partial charge in [-0.2, -0.15) is 0 Å². The van der Waals surface area contributed by atoms with E-state index in [1.807, 2.05) is 42.5 Å². The maximum Gasteiger partial charge on any atom is 0.0932 e. The largest absolute Gasteiger partial charge is 0.265 e. The van der Waals surface area contributed by atoms with E-state index in [-0.39, 0.29) is 0 Å². The van der Waals surface area contributed by atoms with Crippen LogP contribution in [0.15, 0.2) is 59.9 Å². The minimum atomic E-state index is 0.300. The van der Waals surface area contributed by atoms with Crippen molar-refractivity contribution in [1.29, 1.82) is 0 Å². The van der Waals surface area contributed by atoms with Crippen molar-refractivity contribution in [2.75, 3.05) is 5.17 Å². The molecule has 1 N–H and O–H groups in total. The molecule has 0 unspecified atom stereocenters. The lowest BCUT2D eigenvalue weighted by Gasteiger charge is -2.07. The van der Waals surface area contributed by atoms with E-state index in [0.29, 0.717) is 10.9 Å². The molecule has 2 aromatic carbocycles. The molecular weight excluding hydrogens is 204 g/mol. The highest BCUT2D eigenvalue weighted by molar-refractivity contribution is 5.65. The van der Waals surface area contributed by atoms with Crippen molar-refractivity contribution in [2.45, 2.75) is 0 Å². The summed E-state index contributed by atoms with van der Waals surface area (Å²) in [5.74, 6) is 0. The van der Waals surface area contributed by atoms with E-state index < -0.39 is 0 Å². The van der Waals surface area contributed by atoms with Gasteiger partial charge in [-0.15, -0.1) is 10.1 Å². The second-order valence-corrected chi connectivity index (χ2v) is 3.28. The first-order chi connectivity index (χ1) is 7.81. The van der Waals surface area contributed by atoms with Gasteiger partial charge >= 0.3 is 0 Å². The lowest BCUT2D eigenvalue weighted by atomic mass is 10.1. The number of hydrogen-bond acceptors (Lipinski definition) is 3. The number of hydrogen-bond donors (Lipinski definition) is 1. The lowest BCUT2D eigenvalue weighted by molar-refractivity contribution is 0.258. The van der Waals surface area contributed by atoms with E-state index in [0.717, 1.165) is 11.1 Å². The van der Waals surface area contributed by atoms with Gasteiger partial charge in [-0.25, -0.2) is 0 Å². The summed E-state index contributed by atoms with van der Waals surface area (Å²) in [5, 5.41) is 11.7. The standard InChI is InChI=1S/C12H10N2O2/c15-13-14(16)12-8-6-11(7-9-12)10-4-2-1-3-5-10/h1-9,16H. The van der Waals surface area contributed by atoms with Crippen LogP contribution in [0.5, 0.6) is 0 Å². The summed E-state index contributed by atoms with van der Waals surface area (Å²) >= 11 is 0. The number of rotatable bonds is 3. The fourth-order valence-electron chi connectivity index (χ4n) is 1.46. The topological polar surface area (TPSA) is 52.9 Å². The van der Waals surface area contributed by atoms with E-state index in [1.54, 1.807) is 12.1 Å². The first-order valence-electron chi connectivity index (χ1n) is 4.79. The highest BCUT2D eigenvalue weighted by Crippen LogP contribution is 2.22. The Morgan fingerprint density at radius 3 is 2.00 bits per heavy atom. The molecule has 16 heavy (non-hydrogen) atoms. The highest BCUT2D eigenvalue weighted by Gasteiger charge is 2.02. The Labute approximate surface area is 92.7 Å². The maximum atomic E-state index is 10.1. The Bertz CT molecular complexity index is 468. The van der Waals surface area contributed by atoms with Gasteiger partial charge in [0.05, 0.1) is 11.0 Å². The van der Waals surface area contributed by atoms with Gasteiger partial charge in [-0.05, 0) is 23.3 Å². The van der Waals surface area contributed by atoms with Crippen molar-refractivity contribution in [2.24, 2.45) is 5.29 Å². The average Bonchev–Trinajstić information content (AvgIpc) is 2.39. The summed E-state index contributed by atoms with van der Waals surface area (Å²) in [6.07, 6.45) is 0. The molecule has 0 bridgehead atoms. The van der Waals surface area contributed by atoms with Crippen LogP contribution in [0, 0.1) is 4.91 Å². The van der Waals surface area contributed by atoms with Gasteiger partial charge in [0.15, 0.2) is 0 Å². The zero-order valence-corrected chi connectivity index (χ0v) is 8.45. The van der Waals surface area contributed by atoms with E-state index in [1.165, 1.54) is 0 Å². The number of benzene rings is 2. The zero-order chi connectivity index (χ0) is 11.4. The van der Waals surface area contributed by atoms with Crippen LogP contribution in [-0.4, -0.2) is 5.21 Å². The molecule has 0 aliphatic rings. The van der Waals surface area contributed by atoms with Gasteiger partial charge in [-0.3, -0.25) is 5.21 Å². The Balaban J connectivity index is 2.30. The molecular formula is C12H10N2O2. The molecule has 0 aliphatic carbocycles. The number of nitrogens with zero attached hydrogens (tertiary/aromatic N) is 2. The molecule has 0 atom stereocenters. The first-order valence-corrected chi connectivity index (χ1v) is 4.79. The van der Waals surface area contributed by atoms with Crippen LogP contribution in [0.3, 0.4) is 0 Å². The molecule has 2 rings (SSSR count). The van der Waals surface area contributed by atoms with Crippen LogP contribution >= 0.6 is 0 Å². The van der Waals surface area contributed by atoms with Crippen molar-refractivity contribution in [1.82, 2.24) is 0 Å². The number of anilines is 1. The van der Waals surface area contributed by atoms with Crippen molar-refractivity contribution in [3.63, 3.8) is 0 Å². The van der Waals surface area contributed by atoms with Crippen LogP contribution in [-0.2, 0) is 0 Å². The third kappa shape index (κ3) is 2.07. The molecule has 0 amide bonds. The van der Waals surface area contributed by atoms with Gasteiger partial charge in [0.2, 0.25) is 0 Å². The fraction of sp³-hybridized carbons (Fsp3) is 0. The predicted molar refractivity (Wildman–Crippen MR) is 61.9 cm³/mol. The van der Waals surface area contributed by atoms with Crippen LogP contribution in [0.1, 0.15) is 0 Å². The highest BCUT2D eigenvalue weighted by atomic mass is 16.6. The first kappa shape index (κ1) is 10.3. The second kappa shape index (κ2) is 4.55. The molecule has 80 valence electrons. The molecule has 0 radical (unpaired) electrons. The van der Waals surface area contributed by atoms with Gasteiger partial charge < -0.3 is 0 Å². The van der Waals surface area contributed by atoms with Crippen LogP contribution in [0.2, 0.25) is 0 Å². The smallest absolute Gasteiger partial charge is 0.0932 e. The normalized spacial score (nSPS) is 9.81.